The van der Waals surface area contributed by atoms with Gasteiger partial charge in [-0.3, -0.25) is 14.4 Å². The number of carbonyl (C=O) groups excluding carboxylic acids is 3. The SMILES string of the molecule is CC.CC#CCC(C/C=C\NC(=O)C(NC(=O)\C=C/C=C\C(C)=C\CC(C/C=C(\C)OC)OC=O)C(C)(C)C)OC. The fourth-order valence-corrected chi connectivity index (χ4v) is 3.19. The van der Waals surface area contributed by atoms with Gasteiger partial charge < -0.3 is 24.8 Å². The van der Waals surface area contributed by atoms with E-state index in [-0.39, 0.29) is 24.0 Å². The van der Waals surface area contributed by atoms with Crippen LogP contribution >= 0.6 is 0 Å². The first-order valence-corrected chi connectivity index (χ1v) is 14.0. The molecule has 0 aromatic carbocycles. The maximum Gasteiger partial charge on any atom is 0.293 e. The van der Waals surface area contributed by atoms with Crippen LogP contribution < -0.4 is 10.6 Å². The molecule has 3 atom stereocenters. The van der Waals surface area contributed by atoms with Gasteiger partial charge in [0, 0.05) is 32.4 Å². The van der Waals surface area contributed by atoms with E-state index in [2.05, 4.69) is 22.5 Å². The van der Waals surface area contributed by atoms with E-state index in [0.717, 1.165) is 11.3 Å². The first-order chi connectivity index (χ1) is 19.5. The van der Waals surface area contributed by atoms with E-state index in [9.17, 15) is 14.4 Å². The maximum absolute atomic E-state index is 12.8. The van der Waals surface area contributed by atoms with Crippen LogP contribution in [-0.4, -0.2) is 50.8 Å². The molecule has 230 valence electrons. The van der Waals surface area contributed by atoms with Crippen molar-refractivity contribution in [3.63, 3.8) is 0 Å². The Balaban J connectivity index is 0. The summed E-state index contributed by atoms with van der Waals surface area (Å²) in [6.45, 7) is 15.6. The lowest BCUT2D eigenvalue weighted by Gasteiger charge is -2.29. The van der Waals surface area contributed by atoms with Crippen molar-refractivity contribution in [2.45, 2.75) is 99.3 Å². The minimum Gasteiger partial charge on any atom is -0.502 e. The number of nitrogens with one attached hydrogen (secondary N) is 2. The van der Waals surface area contributed by atoms with Crippen molar-refractivity contribution in [2.24, 2.45) is 5.41 Å². The molecule has 0 aromatic heterocycles. The fourth-order valence-electron chi connectivity index (χ4n) is 3.19. The summed E-state index contributed by atoms with van der Waals surface area (Å²) in [6.07, 6.45) is 15.8. The number of rotatable bonds is 17. The van der Waals surface area contributed by atoms with Crippen LogP contribution in [0.25, 0.3) is 0 Å². The second-order valence-corrected chi connectivity index (χ2v) is 9.95. The summed E-state index contributed by atoms with van der Waals surface area (Å²) >= 11 is 0. The first kappa shape index (κ1) is 39.6. The van der Waals surface area contributed by atoms with Gasteiger partial charge >= 0.3 is 0 Å². The van der Waals surface area contributed by atoms with Gasteiger partial charge in [0.15, 0.2) is 0 Å². The molecule has 0 aromatic rings. The summed E-state index contributed by atoms with van der Waals surface area (Å²) in [5.41, 5.74) is 0.447. The topological polar surface area (TPSA) is 103 Å². The van der Waals surface area contributed by atoms with E-state index >= 15 is 0 Å². The van der Waals surface area contributed by atoms with Gasteiger partial charge in [-0.2, -0.15) is 0 Å². The quantitative estimate of drug-likeness (QED) is 0.0737. The van der Waals surface area contributed by atoms with Gasteiger partial charge in [0.25, 0.3) is 6.47 Å². The van der Waals surface area contributed by atoms with Crippen LogP contribution in [0.4, 0.5) is 0 Å². The number of hydrogen-bond donors (Lipinski definition) is 2. The molecule has 2 amide bonds. The second kappa shape index (κ2) is 24.2. The zero-order valence-corrected chi connectivity index (χ0v) is 26.7. The largest absolute Gasteiger partial charge is 0.502 e. The molecule has 0 radical (unpaired) electrons. The Hall–Kier alpha value is -3.57. The van der Waals surface area contributed by atoms with E-state index in [0.29, 0.717) is 32.2 Å². The molecule has 0 aliphatic rings. The molecule has 0 rings (SSSR count). The van der Waals surface area contributed by atoms with Gasteiger partial charge in [0.1, 0.15) is 12.1 Å². The van der Waals surface area contributed by atoms with E-state index in [1.165, 1.54) is 6.08 Å². The second-order valence-electron chi connectivity index (χ2n) is 9.95. The number of methoxy groups -OCH3 is 2. The van der Waals surface area contributed by atoms with Crippen LogP contribution in [0.1, 0.15) is 81.1 Å². The van der Waals surface area contributed by atoms with Crippen molar-refractivity contribution in [2.75, 3.05) is 14.2 Å². The third-order valence-electron chi connectivity index (χ3n) is 5.66. The van der Waals surface area contributed by atoms with Gasteiger partial charge in [-0.25, -0.2) is 0 Å². The molecule has 0 fully saturated rings. The van der Waals surface area contributed by atoms with Crippen LogP contribution in [0.5, 0.6) is 0 Å². The smallest absolute Gasteiger partial charge is 0.293 e. The fraction of sp³-hybridized carbons (Fsp3) is 0.545. The molecule has 0 aliphatic carbocycles. The predicted octanol–water partition coefficient (Wildman–Crippen LogP) is 5.92. The van der Waals surface area contributed by atoms with Gasteiger partial charge in [0.2, 0.25) is 11.8 Å². The molecule has 0 heterocycles. The summed E-state index contributed by atoms with van der Waals surface area (Å²) in [5.74, 6) is 5.90. The number of allylic oxidation sites excluding steroid dienone is 5. The van der Waals surface area contributed by atoms with Crippen LogP contribution in [0.15, 0.2) is 60.1 Å². The van der Waals surface area contributed by atoms with Crippen molar-refractivity contribution < 1.29 is 28.6 Å². The van der Waals surface area contributed by atoms with Crippen LogP contribution in [-0.2, 0) is 28.6 Å². The highest BCUT2D eigenvalue weighted by Gasteiger charge is 2.31. The zero-order chi connectivity index (χ0) is 31.7. The van der Waals surface area contributed by atoms with Gasteiger partial charge in [-0.15, -0.1) is 11.8 Å². The van der Waals surface area contributed by atoms with Gasteiger partial charge in [-0.1, -0.05) is 70.6 Å². The molecule has 2 N–H and O–H groups in total. The molecule has 0 saturated heterocycles. The summed E-state index contributed by atoms with van der Waals surface area (Å²) in [6, 6.07) is -0.736. The minimum absolute atomic E-state index is 0.0474. The average Bonchev–Trinajstić information content (AvgIpc) is 2.95. The molecular weight excluding hydrogens is 520 g/mol. The zero-order valence-electron chi connectivity index (χ0n) is 26.7. The van der Waals surface area contributed by atoms with Crippen molar-refractivity contribution in [1.82, 2.24) is 10.6 Å². The van der Waals surface area contributed by atoms with Crippen LogP contribution in [0, 0.1) is 17.3 Å². The Morgan fingerprint density at radius 3 is 2.15 bits per heavy atom. The Morgan fingerprint density at radius 1 is 0.951 bits per heavy atom. The molecule has 41 heavy (non-hydrogen) atoms. The Labute approximate surface area is 248 Å². The molecule has 8 heteroatoms. The molecule has 8 nitrogen and oxygen atoms in total. The summed E-state index contributed by atoms with van der Waals surface area (Å²) in [7, 11) is 3.22. The van der Waals surface area contributed by atoms with E-state index in [1.807, 2.05) is 72.8 Å². The van der Waals surface area contributed by atoms with Crippen molar-refractivity contribution in [3.05, 3.63) is 60.1 Å². The molecule has 3 unspecified atom stereocenters. The highest BCUT2D eigenvalue weighted by Crippen LogP contribution is 2.19. The van der Waals surface area contributed by atoms with Crippen LogP contribution in [0.3, 0.4) is 0 Å². The van der Waals surface area contributed by atoms with Gasteiger partial charge in [0.05, 0.1) is 19.0 Å². The number of carbonyl (C=O) groups is 3. The maximum atomic E-state index is 12.8. The molecule has 0 aliphatic heterocycles. The van der Waals surface area contributed by atoms with E-state index in [1.54, 1.807) is 39.5 Å². The molecular formula is C33H52N2O6. The van der Waals surface area contributed by atoms with Crippen molar-refractivity contribution in [1.29, 1.82) is 0 Å². The highest BCUT2D eigenvalue weighted by molar-refractivity contribution is 5.93. The summed E-state index contributed by atoms with van der Waals surface area (Å²) in [5, 5.41) is 5.54. The van der Waals surface area contributed by atoms with Gasteiger partial charge in [-0.05, 0) is 44.9 Å². The first-order valence-electron chi connectivity index (χ1n) is 14.0. The third kappa shape index (κ3) is 20.9. The number of hydrogen-bond acceptors (Lipinski definition) is 6. The third-order valence-corrected chi connectivity index (χ3v) is 5.66. The Bertz CT molecular complexity index is 974. The lowest BCUT2D eigenvalue weighted by Crippen LogP contribution is -2.52. The van der Waals surface area contributed by atoms with Crippen molar-refractivity contribution >= 4 is 18.3 Å². The average molecular weight is 573 g/mol. The molecule has 0 saturated carbocycles. The number of amides is 2. The van der Waals surface area contributed by atoms with Crippen LogP contribution in [0.2, 0.25) is 0 Å². The molecule has 0 bridgehead atoms. The minimum atomic E-state index is -0.736. The normalized spacial score (nSPS) is 14.4. The van der Waals surface area contributed by atoms with E-state index in [4.69, 9.17) is 14.2 Å². The number of ether oxygens (including phenoxy) is 3. The lowest BCUT2D eigenvalue weighted by atomic mass is 9.86. The van der Waals surface area contributed by atoms with E-state index < -0.39 is 11.5 Å². The Morgan fingerprint density at radius 2 is 1.59 bits per heavy atom. The predicted molar refractivity (Wildman–Crippen MR) is 166 cm³/mol. The summed E-state index contributed by atoms with van der Waals surface area (Å²) < 4.78 is 15.6. The highest BCUT2D eigenvalue weighted by atomic mass is 16.5. The Kier molecular flexibility index (Phi) is 23.4. The standard InChI is InChI=1S/C31H46N2O6.C2H6/c1-9-10-15-26(38-8)16-13-22-32-30(36)29(31(4,5)6)33-28(35)17-12-11-14-24(2)18-20-27(39-23-34)21-19-25(3)37-7;1-2/h11-14,17-19,22-23,26-27,29H,15-16,20-21H2,1-8H3,(H,32,36)(H,33,35);1-2H3/b14-11-,17-12-,22-13-,24-18+,25-19+;. The van der Waals surface area contributed by atoms with Crippen molar-refractivity contribution in [3.8, 4) is 11.8 Å². The summed E-state index contributed by atoms with van der Waals surface area (Å²) in [4.78, 5) is 36.1. The monoisotopic (exact) mass is 572 g/mol. The lowest BCUT2D eigenvalue weighted by molar-refractivity contribution is -0.133. The molecule has 0 spiro atoms.